The monoisotopic (exact) mass is 1080 g/mol. The topological polar surface area (TPSA) is 100 Å². The summed E-state index contributed by atoms with van der Waals surface area (Å²) >= 11 is 0. The minimum Gasteiger partial charge on any atom is -0.497 e. The van der Waals surface area contributed by atoms with Gasteiger partial charge < -0.3 is 42.0 Å². The summed E-state index contributed by atoms with van der Waals surface area (Å²) in [6.45, 7) is 34.9. The number of methoxy groups -OCH3 is 2. The van der Waals surface area contributed by atoms with Crippen LogP contribution in [0.5, 0.6) is 11.5 Å². The molecule has 4 aromatic carbocycles. The second-order valence-electron chi connectivity index (χ2n) is 24.4. The van der Waals surface area contributed by atoms with Crippen LogP contribution in [-0.4, -0.2) is 95.1 Å². The van der Waals surface area contributed by atoms with E-state index in [9.17, 15) is 4.79 Å². The van der Waals surface area contributed by atoms with Crippen molar-refractivity contribution in [3.8, 4) is 11.5 Å². The zero-order valence-electron chi connectivity index (χ0n) is 48.7. The van der Waals surface area contributed by atoms with E-state index >= 15 is 0 Å². The third-order valence-electron chi connectivity index (χ3n) is 14.6. The van der Waals surface area contributed by atoms with Crippen LogP contribution >= 0.6 is 0 Å². The summed E-state index contributed by atoms with van der Waals surface area (Å²) in [4.78, 5) is 14.3. The Morgan fingerprint density at radius 3 is 1.95 bits per heavy atom. The van der Waals surface area contributed by atoms with Gasteiger partial charge >= 0.3 is 5.97 Å². The minimum atomic E-state index is -2.82. The van der Waals surface area contributed by atoms with Gasteiger partial charge in [0.25, 0.3) is 8.32 Å². The molecule has 0 saturated carbocycles. The molecule has 10 nitrogen and oxygen atoms in total. The predicted octanol–water partition coefficient (Wildman–Crippen LogP) is 13.8. The van der Waals surface area contributed by atoms with Gasteiger partial charge in [-0.25, -0.2) is 4.79 Å². The number of hydrogen-bond donors (Lipinski definition) is 0. The molecule has 0 bridgehead atoms. The highest BCUT2D eigenvalue weighted by Gasteiger charge is 2.52. The molecule has 13 heteroatoms. The highest BCUT2D eigenvalue weighted by atomic mass is 28.4. The molecule has 0 radical (unpaired) electrons. The van der Waals surface area contributed by atoms with Crippen molar-refractivity contribution < 1.29 is 46.8 Å². The van der Waals surface area contributed by atoms with E-state index in [0.29, 0.717) is 44.0 Å². The first-order chi connectivity index (χ1) is 35.2. The Bertz CT molecular complexity index is 2400. The molecule has 412 valence electrons. The van der Waals surface area contributed by atoms with Gasteiger partial charge in [0.1, 0.15) is 23.2 Å². The summed E-state index contributed by atoms with van der Waals surface area (Å²) in [6, 6.07) is 34.3. The van der Waals surface area contributed by atoms with Crippen molar-refractivity contribution in [2.45, 2.75) is 174 Å². The first kappa shape index (κ1) is 61.7. The molecule has 75 heavy (non-hydrogen) atoms. The average molecular weight is 1080 g/mol. The van der Waals surface area contributed by atoms with E-state index < -0.39 is 48.7 Å². The second-order valence-corrected chi connectivity index (χ2v) is 39.0. The van der Waals surface area contributed by atoms with Gasteiger partial charge in [0, 0.05) is 27.9 Å². The predicted molar refractivity (Wildman–Crippen MR) is 314 cm³/mol. The number of benzene rings is 4. The quantitative estimate of drug-likeness (QED) is 0.0189. The molecule has 0 amide bonds. The zero-order chi connectivity index (χ0) is 55.2. The highest BCUT2D eigenvalue weighted by Crippen LogP contribution is 2.42. The van der Waals surface area contributed by atoms with Crippen molar-refractivity contribution in [1.82, 2.24) is 0 Å². The normalized spacial score (nSPS) is 17.8. The minimum absolute atomic E-state index is 0.0208. The van der Waals surface area contributed by atoms with Crippen LogP contribution in [0, 0.1) is 5.92 Å². The van der Waals surface area contributed by atoms with Gasteiger partial charge in [-0.15, -0.1) is 0 Å². The molecule has 1 aliphatic rings. The third-order valence-corrected chi connectivity index (χ3v) is 25.9. The maximum Gasteiger partial charge on any atom is 0.342 e. The number of carbonyl (C=O) groups excluding carboxylic acids is 1. The molecule has 0 spiro atoms. The average Bonchev–Trinajstić information content (AvgIpc) is 3.66. The van der Waals surface area contributed by atoms with Crippen LogP contribution in [0.3, 0.4) is 0 Å². The molecule has 5 rings (SSSR count). The second kappa shape index (κ2) is 26.9. The van der Waals surface area contributed by atoms with Gasteiger partial charge in [-0.1, -0.05) is 171 Å². The molecule has 1 saturated heterocycles. The van der Waals surface area contributed by atoms with Gasteiger partial charge in [-0.05, 0) is 120 Å². The van der Waals surface area contributed by atoms with Gasteiger partial charge in [0.15, 0.2) is 20.9 Å². The molecule has 0 aromatic heterocycles. The lowest BCUT2D eigenvalue weighted by Crippen LogP contribution is -2.67. The summed E-state index contributed by atoms with van der Waals surface area (Å²) in [5.74, 6) is -0.0697. The first-order valence-electron chi connectivity index (χ1n) is 27.0. The molecule has 1 heterocycles. The molecule has 5 atom stereocenters. The van der Waals surface area contributed by atoms with Crippen LogP contribution < -0.4 is 19.8 Å². The molecular weight excluding hydrogens is 989 g/mol. The summed E-state index contributed by atoms with van der Waals surface area (Å²) in [7, 11) is -3.46. The first-order valence-corrected chi connectivity index (χ1v) is 35.6. The van der Waals surface area contributed by atoms with E-state index in [0.717, 1.165) is 34.9 Å². The van der Waals surface area contributed by atoms with E-state index in [4.69, 9.17) is 42.0 Å². The van der Waals surface area contributed by atoms with Crippen molar-refractivity contribution in [1.29, 1.82) is 0 Å². The number of rotatable bonds is 27. The fourth-order valence-electron chi connectivity index (χ4n) is 9.20. The summed E-state index contributed by atoms with van der Waals surface area (Å²) in [5.41, 5.74) is 3.16. The number of hydrogen-bond acceptors (Lipinski definition) is 10. The van der Waals surface area contributed by atoms with Gasteiger partial charge in [0.2, 0.25) is 0 Å². The number of ether oxygens (including phenoxy) is 7. The van der Waals surface area contributed by atoms with Crippen LogP contribution in [0.25, 0.3) is 6.08 Å². The fraction of sp³-hybridized carbons (Fsp3) is 0.532. The Morgan fingerprint density at radius 1 is 0.760 bits per heavy atom. The lowest BCUT2D eigenvalue weighted by molar-refractivity contribution is -0.151. The summed E-state index contributed by atoms with van der Waals surface area (Å²) in [5, 5.41) is 2.27. The van der Waals surface area contributed by atoms with Gasteiger partial charge in [-0.2, -0.15) is 0 Å². The largest absolute Gasteiger partial charge is 0.497 e. The van der Waals surface area contributed by atoms with Crippen molar-refractivity contribution >= 4 is 47.1 Å². The highest BCUT2D eigenvalue weighted by molar-refractivity contribution is 6.99. The third kappa shape index (κ3) is 17.2. The molecular formula is C62H92O10Si3. The van der Waals surface area contributed by atoms with Crippen molar-refractivity contribution in [3.05, 3.63) is 138 Å². The van der Waals surface area contributed by atoms with Crippen LogP contribution in [0.1, 0.15) is 109 Å². The molecule has 1 unspecified atom stereocenters. The lowest BCUT2D eigenvalue weighted by atomic mass is 9.95. The molecule has 4 aromatic rings. The van der Waals surface area contributed by atoms with Crippen molar-refractivity contribution in [3.63, 3.8) is 0 Å². The van der Waals surface area contributed by atoms with Crippen LogP contribution in [0.15, 0.2) is 115 Å². The van der Waals surface area contributed by atoms with Crippen LogP contribution in [0.2, 0.25) is 48.9 Å². The maximum absolute atomic E-state index is 14.3. The molecule has 0 aliphatic carbocycles. The Balaban J connectivity index is 1.49. The van der Waals surface area contributed by atoms with Gasteiger partial charge in [0.05, 0.1) is 32.5 Å². The Labute approximate surface area is 455 Å². The van der Waals surface area contributed by atoms with E-state index in [-0.39, 0.29) is 35.0 Å². The van der Waals surface area contributed by atoms with E-state index in [1.54, 1.807) is 14.2 Å². The fourth-order valence-corrected chi connectivity index (χ4v) is 15.9. The standard InChI is InChI=1S/C62H92O10Si3/c1-46(47(2)71-75(61(6,7)8,51-27-20-18-21-28-51)52-29-22-19-23-30-52)33-39-56(72-74(16,17)60(3,4)5)58-55(69-62(9,10)70-58)32-24-31-53-49(26-25-41-66-44-48-34-37-50(65-12)38-35-48)36-40-54(68-45-64-11)57(53)59(63)67-42-43-73(13,14)15/h18-24,27-31,33-40,46-47,55-56,58H,25-26,32,41-45H2,1-17H3/b31-24+,39-33-/t46-,47+,55+,56?,58+/m1/s1. The number of aryl methyl sites for hydroxylation is 1. The Kier molecular flexibility index (Phi) is 22.2. The Hall–Kier alpha value is -4.16. The molecule has 1 fully saturated rings. The maximum atomic E-state index is 14.3. The SMILES string of the molecule is COCOc1ccc(CCCOCc2ccc(OC)cc2)c(/C=C/C[C@@H]2OC(C)(C)O[C@@H]2C(/C=C\[C@@H](C)[C@H](C)O[Si](c2ccccc2)(c2ccccc2)C(C)(C)C)O[Si](C)(C)C(C)(C)C)c1C(=O)OCC[Si](C)(C)C. The Morgan fingerprint density at radius 2 is 1.39 bits per heavy atom. The zero-order valence-corrected chi connectivity index (χ0v) is 51.7. The van der Waals surface area contributed by atoms with Crippen LogP contribution in [-0.2, 0) is 45.6 Å². The van der Waals surface area contributed by atoms with Gasteiger partial charge in [-0.3, -0.25) is 0 Å². The summed E-state index contributed by atoms with van der Waals surface area (Å²) in [6.07, 6.45) is 9.08. The molecule has 0 N–H and O–H groups in total. The van der Waals surface area contributed by atoms with Crippen molar-refractivity contribution in [2.75, 3.05) is 34.2 Å². The van der Waals surface area contributed by atoms with Crippen LogP contribution in [0.4, 0.5) is 0 Å². The smallest absolute Gasteiger partial charge is 0.342 e. The van der Waals surface area contributed by atoms with E-state index in [1.807, 2.05) is 56.3 Å². The summed E-state index contributed by atoms with van der Waals surface area (Å²) < 4.78 is 57.6. The van der Waals surface area contributed by atoms with E-state index in [1.165, 1.54) is 10.4 Å². The van der Waals surface area contributed by atoms with Crippen molar-refractivity contribution in [2.24, 2.45) is 5.92 Å². The molecule has 1 aliphatic heterocycles. The number of carbonyl (C=O) groups is 1. The van der Waals surface area contributed by atoms with E-state index in [2.05, 4.69) is 167 Å². The number of esters is 1. The lowest BCUT2D eigenvalue weighted by Gasteiger charge is -2.45.